The molecule has 4 saturated heterocycles. The van der Waals surface area contributed by atoms with Crippen LogP contribution in [-0.4, -0.2) is 253 Å². The first-order chi connectivity index (χ1) is 62.0. The molecular formula is C95H116N20O13. The Morgan fingerprint density at radius 3 is 2.09 bits per heavy atom. The topological polar surface area (TPSA) is 392 Å². The Bertz CT molecular complexity index is 5510. The molecule has 5 fully saturated rings. The number of piperazine rings is 2. The molecule has 33 nitrogen and oxygen atoms in total. The van der Waals surface area contributed by atoms with Gasteiger partial charge in [-0.05, 0) is 156 Å². The van der Waals surface area contributed by atoms with Crippen LogP contribution in [0.1, 0.15) is 186 Å². The van der Waals surface area contributed by atoms with Crippen molar-refractivity contribution in [2.45, 2.75) is 212 Å². The number of methoxy groups -OCH3 is 1. The number of amides is 4. The molecular weight excluding hydrogens is 1630 g/mol. The number of carbonyl (C=O) groups excluding carboxylic acids is 8. The standard InChI is InChI=1S/C95H116N20O13/c1-58-13-8-7-9-14-59(2)81(125-6)46-73-15-12-17-80(126-73)84(119)90(122)114-30-11-10-16-76(114)91(123)127-74(45-77(116)61(4)42-62(5)79(118)47-78(117)60(3)41-58)25-21-63-19-23-72(24-20-63)128-95(124)113-32-28-75-71(56-113)53-103-94(106-75)111-39-37-110(38-40-111)93-99-49-69(50-100-93)88(120)108-33-35-109(36-34-108)92-101-51-70(52-102-92)89(121)112-31-27-65-43-64(18-22-67(65)55-112)54-115-87-82(85(96)104-57-105-87)83(107-115)68-44-66-26-29-97-86(66)98-48-68/h7-9,13-14,18,22,26,29,42-44,48-53,57-58,60-61,63,72-74,76,79-81,118H,10-12,15-17,19-21,23-25,27-28,30-41,45-47,54-56H2,1-6H3,(H,97,98)(H2,96,104,105)/b9-7?,13-8+,59-14?,62-42+. The van der Waals surface area contributed by atoms with E-state index < -0.39 is 54.0 Å². The van der Waals surface area contributed by atoms with Crippen molar-refractivity contribution in [3.8, 4) is 11.3 Å². The number of anilines is 4. The molecule has 9 atom stereocenters. The third kappa shape index (κ3) is 21.0. The summed E-state index contributed by atoms with van der Waals surface area (Å²) in [5.74, 6) is -1.53. The molecule has 8 aliphatic rings. The van der Waals surface area contributed by atoms with Crippen LogP contribution in [0.15, 0.2) is 128 Å². The Morgan fingerprint density at radius 1 is 0.641 bits per heavy atom. The van der Waals surface area contributed by atoms with Gasteiger partial charge in [-0.2, -0.15) is 5.10 Å². The molecule has 1 aromatic carbocycles. The minimum atomic E-state index is -1.09. The molecule has 4 N–H and O–H groups in total. The number of nitrogens with two attached hydrogens (primary N) is 1. The van der Waals surface area contributed by atoms with E-state index in [2.05, 4.69) is 67.9 Å². The quantitative estimate of drug-likeness (QED) is 0.0548. The third-order valence-corrected chi connectivity index (χ3v) is 26.8. The number of aliphatic hydroxyl groups is 1. The monoisotopic (exact) mass is 1740 g/mol. The van der Waals surface area contributed by atoms with E-state index >= 15 is 0 Å². The van der Waals surface area contributed by atoms with E-state index in [1.165, 1.54) is 11.2 Å². The zero-order chi connectivity index (χ0) is 89.2. The van der Waals surface area contributed by atoms with Crippen LogP contribution in [0.3, 0.4) is 0 Å². The number of piperidine rings is 1. The first-order valence-electron chi connectivity index (χ1n) is 45.5. The second kappa shape index (κ2) is 40.5. The van der Waals surface area contributed by atoms with E-state index in [9.17, 15) is 43.5 Å². The number of fused-ring (bicyclic) bond motifs is 7. The van der Waals surface area contributed by atoms with Gasteiger partial charge in [0.05, 0.1) is 53.6 Å². The van der Waals surface area contributed by atoms with E-state index in [1.54, 1.807) is 74.0 Å². The van der Waals surface area contributed by atoms with Gasteiger partial charge in [-0.15, -0.1) is 0 Å². The van der Waals surface area contributed by atoms with Crippen molar-refractivity contribution in [2.75, 3.05) is 99.5 Å². The van der Waals surface area contributed by atoms with Crippen LogP contribution in [0, 0.1) is 23.7 Å². The van der Waals surface area contributed by atoms with Gasteiger partial charge < -0.3 is 69.1 Å². The van der Waals surface area contributed by atoms with Crippen LogP contribution in [-0.2, 0) is 75.4 Å². The largest absolute Gasteiger partial charge is 0.460 e. The van der Waals surface area contributed by atoms with E-state index in [1.807, 2.05) is 84.0 Å². The molecule has 0 spiro atoms. The summed E-state index contributed by atoms with van der Waals surface area (Å²) < 4.78 is 26.6. The number of pyridine rings is 1. The predicted molar refractivity (Wildman–Crippen MR) is 478 cm³/mol. The number of allylic oxidation sites excluding steroid dienone is 6. The Morgan fingerprint density at radius 2 is 1.34 bits per heavy atom. The summed E-state index contributed by atoms with van der Waals surface area (Å²) in [6.45, 7) is 16.0. The van der Waals surface area contributed by atoms with Gasteiger partial charge in [-0.1, -0.05) is 75.4 Å². The first-order valence-corrected chi connectivity index (χ1v) is 45.5. The predicted octanol–water partition coefficient (Wildman–Crippen LogP) is 10.5. The van der Waals surface area contributed by atoms with Crippen LogP contribution in [0.5, 0.6) is 0 Å². The number of carbonyl (C=O) groups is 8. The zero-order valence-corrected chi connectivity index (χ0v) is 73.9. The highest BCUT2D eigenvalue weighted by Crippen LogP contribution is 2.37. The molecule has 9 unspecified atom stereocenters. The van der Waals surface area contributed by atoms with Crippen LogP contribution >= 0.6 is 0 Å². The molecule has 8 aromatic rings. The van der Waals surface area contributed by atoms with E-state index in [0.717, 1.165) is 63.0 Å². The highest BCUT2D eigenvalue weighted by Gasteiger charge is 2.43. The van der Waals surface area contributed by atoms with Crippen molar-refractivity contribution in [3.05, 3.63) is 167 Å². The fourth-order valence-corrected chi connectivity index (χ4v) is 19.1. The lowest BCUT2D eigenvalue weighted by molar-refractivity contribution is -0.167. The highest BCUT2D eigenvalue weighted by molar-refractivity contribution is 6.38. The number of nitrogens with one attached hydrogen (secondary N) is 1. The summed E-state index contributed by atoms with van der Waals surface area (Å²) in [5.41, 5.74) is 16.6. The minimum absolute atomic E-state index is 0.0767. The number of nitrogens with zero attached hydrogens (tertiary/aromatic N) is 18. The van der Waals surface area contributed by atoms with Gasteiger partial charge in [0, 0.05) is 183 Å². The molecule has 7 aromatic heterocycles. The first kappa shape index (κ1) is 89.3. The Kier molecular flexibility index (Phi) is 28.2. The van der Waals surface area contributed by atoms with Gasteiger partial charge in [-0.3, -0.25) is 28.8 Å². The van der Waals surface area contributed by atoms with Crippen molar-refractivity contribution in [1.29, 1.82) is 0 Å². The number of hydrogen-bond donors (Lipinski definition) is 3. The van der Waals surface area contributed by atoms with Crippen molar-refractivity contribution in [3.63, 3.8) is 0 Å². The molecule has 7 aliphatic heterocycles. The lowest BCUT2D eigenvalue weighted by atomic mass is 9.83. The summed E-state index contributed by atoms with van der Waals surface area (Å²) in [5, 5.41) is 17.9. The average molecular weight is 1750 g/mol. The number of H-pyrrole nitrogens is 1. The maximum absolute atomic E-state index is 14.6. The highest BCUT2D eigenvalue weighted by atomic mass is 16.6. The Hall–Kier alpha value is -12.1. The van der Waals surface area contributed by atoms with Gasteiger partial charge in [0.1, 0.15) is 59.4 Å². The lowest BCUT2D eigenvalue weighted by Gasteiger charge is -2.36. The van der Waals surface area contributed by atoms with Crippen LogP contribution < -0.4 is 20.4 Å². The number of esters is 1. The molecule has 4 amide bonds. The number of aromatic amines is 1. The number of nitrogen functional groups attached to an aromatic ring is 1. The van der Waals surface area contributed by atoms with E-state index in [0.29, 0.717) is 232 Å². The molecule has 2 bridgehead atoms. The number of ketones is 3. The lowest BCUT2D eigenvalue weighted by Crippen LogP contribution is -2.54. The van der Waals surface area contributed by atoms with Crippen molar-refractivity contribution >= 4 is 92.9 Å². The fourth-order valence-electron chi connectivity index (χ4n) is 19.1. The number of cyclic esters (lactones) is 1. The maximum Gasteiger partial charge on any atom is 0.410 e. The smallest absolute Gasteiger partial charge is 0.410 e. The van der Waals surface area contributed by atoms with Crippen molar-refractivity contribution in [1.82, 2.24) is 79.2 Å². The molecule has 674 valence electrons. The third-order valence-electron chi connectivity index (χ3n) is 26.8. The number of aliphatic hydroxyl groups excluding tert-OH is 1. The van der Waals surface area contributed by atoms with Gasteiger partial charge >= 0.3 is 12.1 Å². The van der Waals surface area contributed by atoms with Gasteiger partial charge in [0.25, 0.3) is 17.7 Å². The number of aromatic nitrogens is 12. The minimum Gasteiger partial charge on any atom is -0.460 e. The Labute approximate surface area is 744 Å². The number of benzene rings is 1. The SMILES string of the molecule is COC1CC2CCCC(O2)C(=O)C(=O)N2CCCCC2C(=O)OC(CCC2CCC(OC(=O)N3CCc4nc(N5CCN(c6ncc(C(=O)N7CCN(c8ncc(C(=O)N9CCc%10cc(Cn%11nc(-c%12cnc%13[nH]ccc%13c%12)c%12c(N)ncnc%12%11)ccc%10C9)cn8)CC7)cn6)CC5)ncc4C3)CC2)CC(=O)C(C)/C=C(\C)C(O)CC(=O)C(C)CC(C)/C=C/C=CC=C1C. The average Bonchev–Trinajstić information content (AvgIpc) is 1.58. The molecule has 16 rings (SSSR count). The van der Waals surface area contributed by atoms with Crippen LogP contribution in [0.2, 0.25) is 0 Å². The van der Waals surface area contributed by atoms with E-state index in [4.69, 9.17) is 39.7 Å². The summed E-state index contributed by atoms with van der Waals surface area (Å²) in [4.78, 5) is 170. The van der Waals surface area contributed by atoms with E-state index in [-0.39, 0.29) is 78.8 Å². The maximum atomic E-state index is 14.6. The van der Waals surface area contributed by atoms with Crippen molar-refractivity contribution < 1.29 is 62.4 Å². The van der Waals surface area contributed by atoms with Gasteiger partial charge in [0.15, 0.2) is 5.65 Å². The Balaban J connectivity index is 0.466. The normalized spacial score (nSPS) is 25.6. The molecule has 0 radical (unpaired) electrons. The summed E-state index contributed by atoms with van der Waals surface area (Å²) in [6.07, 6.45) is 29.5. The molecule has 1 saturated carbocycles. The molecule has 33 heteroatoms. The van der Waals surface area contributed by atoms with Crippen LogP contribution in [0.4, 0.5) is 28.5 Å². The second-order valence-electron chi connectivity index (χ2n) is 35.8. The number of rotatable bonds is 13. The summed E-state index contributed by atoms with van der Waals surface area (Å²) in [7, 11) is 1.64. The fraction of sp³-hybridized carbons (Fsp3) is 0.516. The molecule has 14 heterocycles. The van der Waals surface area contributed by atoms with Crippen molar-refractivity contribution in [2.24, 2.45) is 23.7 Å². The zero-order valence-electron chi connectivity index (χ0n) is 73.9. The van der Waals surface area contributed by atoms with Crippen LogP contribution in [0.25, 0.3) is 33.3 Å². The second-order valence-corrected chi connectivity index (χ2v) is 35.8. The van der Waals surface area contributed by atoms with Gasteiger partial charge in [-0.25, -0.2) is 59.1 Å². The number of ether oxygens (including phenoxy) is 4. The summed E-state index contributed by atoms with van der Waals surface area (Å²) >= 11 is 0. The molecule has 128 heavy (non-hydrogen) atoms. The van der Waals surface area contributed by atoms with Gasteiger partial charge in [0.2, 0.25) is 23.6 Å². The molecule has 1 aliphatic carbocycles. The number of Topliss-reactive ketones (excluding diaryl/α,β-unsaturated/α-hetero) is 3. The summed E-state index contributed by atoms with van der Waals surface area (Å²) in [6, 6.07) is 9.26. The number of hydrogen-bond acceptors (Lipinski definition) is 27.